The molecule has 0 amide bonds. The molecule has 1 aromatic heterocycles. The van der Waals surface area contributed by atoms with Crippen molar-refractivity contribution in [1.29, 1.82) is 0 Å². The van der Waals surface area contributed by atoms with Gasteiger partial charge >= 0.3 is 0 Å². The fourth-order valence-electron chi connectivity index (χ4n) is 2.24. The molecule has 0 radical (unpaired) electrons. The molecule has 3 nitrogen and oxygen atoms in total. The van der Waals surface area contributed by atoms with E-state index in [1.165, 1.54) is 0 Å². The smallest absolute Gasteiger partial charge is 0.138 e. The molecule has 0 aliphatic carbocycles. The van der Waals surface area contributed by atoms with E-state index in [9.17, 15) is 0 Å². The van der Waals surface area contributed by atoms with Gasteiger partial charge in [-0.1, -0.05) is 18.2 Å². The highest BCUT2D eigenvalue weighted by Crippen LogP contribution is 2.28. The molecule has 21 heavy (non-hydrogen) atoms. The minimum absolute atomic E-state index is 0.492. The van der Waals surface area contributed by atoms with Crippen LogP contribution in [-0.2, 0) is 5.88 Å². The zero-order valence-corrected chi connectivity index (χ0v) is 12.4. The first kappa shape index (κ1) is 13.7. The molecule has 0 aliphatic rings. The minimum atomic E-state index is 0.492. The topological polar surface area (TPSA) is 34.1 Å². The van der Waals surface area contributed by atoms with Crippen molar-refractivity contribution in [2.75, 3.05) is 12.4 Å². The van der Waals surface area contributed by atoms with Gasteiger partial charge in [0.1, 0.15) is 11.6 Å². The number of pyridine rings is 1. The lowest BCUT2D eigenvalue weighted by Crippen LogP contribution is -1.95. The number of aromatic nitrogens is 1. The van der Waals surface area contributed by atoms with Gasteiger partial charge in [-0.15, -0.1) is 11.6 Å². The summed E-state index contributed by atoms with van der Waals surface area (Å²) in [7, 11) is 1.66. The Morgan fingerprint density at radius 2 is 2.05 bits per heavy atom. The number of alkyl halides is 1. The summed E-state index contributed by atoms with van der Waals surface area (Å²) in [5, 5.41) is 5.48. The van der Waals surface area contributed by atoms with E-state index in [-0.39, 0.29) is 0 Å². The highest BCUT2D eigenvalue weighted by Gasteiger charge is 2.05. The van der Waals surface area contributed by atoms with E-state index in [0.717, 1.165) is 33.6 Å². The highest BCUT2D eigenvalue weighted by molar-refractivity contribution is 6.17. The van der Waals surface area contributed by atoms with Gasteiger partial charge in [-0.3, -0.25) is 0 Å². The molecule has 1 N–H and O–H groups in total. The summed E-state index contributed by atoms with van der Waals surface area (Å²) in [4.78, 5) is 4.43. The number of ether oxygens (including phenoxy) is 1. The first-order valence-electron chi connectivity index (χ1n) is 6.65. The van der Waals surface area contributed by atoms with E-state index in [0.29, 0.717) is 5.88 Å². The second kappa shape index (κ2) is 6.02. The standard InChI is InChI=1S/C17H15ClN2O/c1-21-15-6-5-13-7-8-19-17(16(13)10-15)20-14-4-2-3-12(9-14)11-18/h2-10H,11H2,1H3,(H,19,20). The molecule has 0 unspecified atom stereocenters. The monoisotopic (exact) mass is 298 g/mol. The summed E-state index contributed by atoms with van der Waals surface area (Å²) in [6.45, 7) is 0. The second-order valence-corrected chi connectivity index (χ2v) is 4.97. The van der Waals surface area contributed by atoms with Crippen LogP contribution in [0.1, 0.15) is 5.56 Å². The number of hydrogen-bond acceptors (Lipinski definition) is 3. The largest absolute Gasteiger partial charge is 0.497 e. The molecule has 4 heteroatoms. The maximum Gasteiger partial charge on any atom is 0.138 e. The maximum absolute atomic E-state index is 5.88. The fraction of sp³-hybridized carbons (Fsp3) is 0.118. The average Bonchev–Trinajstić information content (AvgIpc) is 2.55. The first-order valence-corrected chi connectivity index (χ1v) is 7.18. The van der Waals surface area contributed by atoms with Crippen molar-refractivity contribution >= 4 is 33.9 Å². The lowest BCUT2D eigenvalue weighted by Gasteiger charge is -2.10. The number of halogens is 1. The zero-order valence-electron chi connectivity index (χ0n) is 11.6. The molecule has 0 spiro atoms. The van der Waals surface area contributed by atoms with Crippen LogP contribution in [0.15, 0.2) is 54.7 Å². The molecule has 0 aliphatic heterocycles. The van der Waals surface area contributed by atoms with Crippen LogP contribution in [0.25, 0.3) is 10.8 Å². The Labute approximate surface area is 128 Å². The summed E-state index contributed by atoms with van der Waals surface area (Å²) in [6, 6.07) is 15.9. The normalized spacial score (nSPS) is 10.6. The van der Waals surface area contributed by atoms with Crippen molar-refractivity contribution in [2.45, 2.75) is 5.88 Å². The molecule has 1 heterocycles. The molecular formula is C17H15ClN2O. The fourth-order valence-corrected chi connectivity index (χ4v) is 2.41. The third kappa shape index (κ3) is 2.93. The predicted molar refractivity (Wildman–Crippen MR) is 87.6 cm³/mol. The van der Waals surface area contributed by atoms with Crippen molar-refractivity contribution in [3.63, 3.8) is 0 Å². The van der Waals surface area contributed by atoms with Crippen molar-refractivity contribution in [3.05, 3.63) is 60.3 Å². The van der Waals surface area contributed by atoms with Gasteiger partial charge in [0.25, 0.3) is 0 Å². The second-order valence-electron chi connectivity index (χ2n) is 4.71. The van der Waals surface area contributed by atoms with Gasteiger partial charge in [-0.2, -0.15) is 0 Å². The van der Waals surface area contributed by atoms with Gasteiger partial charge in [0.2, 0.25) is 0 Å². The van der Waals surface area contributed by atoms with Crippen LogP contribution < -0.4 is 10.1 Å². The van der Waals surface area contributed by atoms with E-state index in [1.807, 2.05) is 48.5 Å². The predicted octanol–water partition coefficient (Wildman–Crippen LogP) is 4.73. The quantitative estimate of drug-likeness (QED) is 0.707. The van der Waals surface area contributed by atoms with Gasteiger partial charge in [0, 0.05) is 23.2 Å². The van der Waals surface area contributed by atoms with Crippen molar-refractivity contribution in [3.8, 4) is 5.75 Å². The lowest BCUT2D eigenvalue weighted by molar-refractivity contribution is 0.415. The SMILES string of the molecule is COc1ccc2ccnc(Nc3cccc(CCl)c3)c2c1. The highest BCUT2D eigenvalue weighted by atomic mass is 35.5. The van der Waals surface area contributed by atoms with E-state index < -0.39 is 0 Å². The molecule has 0 saturated carbocycles. The molecule has 0 saturated heterocycles. The number of anilines is 2. The van der Waals surface area contributed by atoms with Crippen LogP contribution in [0, 0.1) is 0 Å². The van der Waals surface area contributed by atoms with Crippen LogP contribution in [0.3, 0.4) is 0 Å². The Morgan fingerprint density at radius 1 is 1.14 bits per heavy atom. The van der Waals surface area contributed by atoms with Gasteiger partial charge in [0.15, 0.2) is 0 Å². The van der Waals surface area contributed by atoms with Crippen molar-refractivity contribution in [1.82, 2.24) is 4.98 Å². The number of fused-ring (bicyclic) bond motifs is 1. The molecule has 106 valence electrons. The molecule has 0 fully saturated rings. The number of rotatable bonds is 4. The van der Waals surface area contributed by atoms with Gasteiger partial charge in [0.05, 0.1) is 7.11 Å². The van der Waals surface area contributed by atoms with Crippen LogP contribution in [0.5, 0.6) is 5.75 Å². The molecule has 0 atom stereocenters. The van der Waals surface area contributed by atoms with Crippen LogP contribution in [0.2, 0.25) is 0 Å². The van der Waals surface area contributed by atoms with Gasteiger partial charge in [-0.05, 0) is 41.3 Å². The number of nitrogens with zero attached hydrogens (tertiary/aromatic N) is 1. The Kier molecular flexibility index (Phi) is 3.93. The minimum Gasteiger partial charge on any atom is -0.497 e. The number of hydrogen-bond donors (Lipinski definition) is 1. The Morgan fingerprint density at radius 3 is 2.86 bits per heavy atom. The average molecular weight is 299 g/mol. The van der Waals surface area contributed by atoms with E-state index in [1.54, 1.807) is 13.3 Å². The van der Waals surface area contributed by atoms with E-state index in [4.69, 9.17) is 16.3 Å². The molecule has 3 aromatic rings. The van der Waals surface area contributed by atoms with Gasteiger partial charge < -0.3 is 10.1 Å². The molecule has 2 aromatic carbocycles. The first-order chi connectivity index (χ1) is 10.3. The Bertz CT molecular complexity index is 774. The summed E-state index contributed by atoms with van der Waals surface area (Å²) in [6.07, 6.45) is 1.79. The van der Waals surface area contributed by atoms with Crippen molar-refractivity contribution < 1.29 is 4.74 Å². The lowest BCUT2D eigenvalue weighted by atomic mass is 10.1. The molecular weight excluding hydrogens is 284 g/mol. The van der Waals surface area contributed by atoms with Crippen LogP contribution in [-0.4, -0.2) is 12.1 Å². The third-order valence-electron chi connectivity index (χ3n) is 3.32. The summed E-state index contributed by atoms with van der Waals surface area (Å²) >= 11 is 5.88. The third-order valence-corrected chi connectivity index (χ3v) is 3.63. The maximum atomic E-state index is 5.88. The van der Waals surface area contributed by atoms with Crippen molar-refractivity contribution in [2.24, 2.45) is 0 Å². The van der Waals surface area contributed by atoms with E-state index >= 15 is 0 Å². The number of benzene rings is 2. The summed E-state index contributed by atoms with van der Waals surface area (Å²) in [5.41, 5.74) is 2.04. The number of nitrogens with one attached hydrogen (secondary N) is 1. The molecule has 0 bridgehead atoms. The number of methoxy groups -OCH3 is 1. The zero-order chi connectivity index (χ0) is 14.7. The molecule has 3 rings (SSSR count). The Hall–Kier alpha value is -2.26. The van der Waals surface area contributed by atoms with Crippen LogP contribution >= 0.6 is 11.6 Å². The van der Waals surface area contributed by atoms with E-state index in [2.05, 4.69) is 10.3 Å². The summed E-state index contributed by atoms with van der Waals surface area (Å²) in [5.74, 6) is 2.11. The Balaban J connectivity index is 2.03. The van der Waals surface area contributed by atoms with Crippen LogP contribution in [0.4, 0.5) is 11.5 Å². The van der Waals surface area contributed by atoms with Gasteiger partial charge in [-0.25, -0.2) is 4.98 Å². The summed E-state index contributed by atoms with van der Waals surface area (Å²) < 4.78 is 5.29.